The molecule has 0 radical (unpaired) electrons. The van der Waals surface area contributed by atoms with Crippen LogP contribution >= 0.6 is 0 Å². The van der Waals surface area contributed by atoms with Crippen molar-refractivity contribution in [2.75, 3.05) is 18.4 Å². The lowest BCUT2D eigenvalue weighted by molar-refractivity contribution is 0.412. The molecule has 5 nitrogen and oxygen atoms in total. The maximum atomic E-state index is 9.46. The van der Waals surface area contributed by atoms with Crippen LogP contribution in [0.3, 0.4) is 0 Å². The number of para-hydroxylation sites is 2. The van der Waals surface area contributed by atoms with Gasteiger partial charge in [-0.05, 0) is 43.6 Å². The number of fused-ring (bicyclic) bond motifs is 1. The molecule has 0 amide bonds. The van der Waals surface area contributed by atoms with E-state index < -0.39 is 0 Å². The maximum absolute atomic E-state index is 9.46. The van der Waals surface area contributed by atoms with Crippen LogP contribution in [0.15, 0.2) is 60.1 Å². The molecule has 134 valence electrons. The second-order valence-electron chi connectivity index (χ2n) is 6.93. The Labute approximate surface area is 153 Å². The van der Waals surface area contributed by atoms with E-state index in [4.69, 9.17) is 4.99 Å². The fourth-order valence-corrected chi connectivity index (χ4v) is 3.65. The Balaban J connectivity index is 1.57. The first-order valence-electron chi connectivity index (χ1n) is 9.04. The average molecular weight is 348 g/mol. The Bertz CT molecular complexity index is 835. The van der Waals surface area contributed by atoms with Crippen molar-refractivity contribution in [2.45, 2.75) is 24.9 Å². The van der Waals surface area contributed by atoms with Crippen LogP contribution in [0.2, 0.25) is 0 Å². The van der Waals surface area contributed by atoms with Crippen LogP contribution in [0.5, 0.6) is 0 Å². The summed E-state index contributed by atoms with van der Waals surface area (Å²) in [7, 11) is 0. The van der Waals surface area contributed by atoms with Crippen molar-refractivity contribution in [3.63, 3.8) is 0 Å². The summed E-state index contributed by atoms with van der Waals surface area (Å²) in [4.78, 5) is 4.94. The number of hydrogen-bond donors (Lipinski definition) is 4. The maximum Gasteiger partial charge on any atom is 0.128 e. The van der Waals surface area contributed by atoms with Crippen molar-refractivity contribution in [1.29, 1.82) is 0 Å². The number of aliphatic hydroxyl groups excluding tert-OH is 1. The van der Waals surface area contributed by atoms with Gasteiger partial charge >= 0.3 is 0 Å². The zero-order valence-corrected chi connectivity index (χ0v) is 14.8. The quantitative estimate of drug-likeness (QED) is 0.640. The number of rotatable bonds is 3. The lowest BCUT2D eigenvalue weighted by Gasteiger charge is -2.43. The first-order chi connectivity index (χ1) is 12.7. The van der Waals surface area contributed by atoms with Gasteiger partial charge in [-0.25, -0.2) is 4.99 Å². The summed E-state index contributed by atoms with van der Waals surface area (Å²) in [5.41, 5.74) is 3.82. The molecule has 1 spiro atoms. The van der Waals surface area contributed by atoms with Gasteiger partial charge in [-0.2, -0.15) is 0 Å². The highest BCUT2D eigenvalue weighted by Gasteiger charge is 2.40. The molecule has 26 heavy (non-hydrogen) atoms. The summed E-state index contributed by atoms with van der Waals surface area (Å²) < 4.78 is 0. The van der Waals surface area contributed by atoms with Crippen LogP contribution < -0.4 is 16.0 Å². The Kier molecular flexibility index (Phi) is 4.39. The highest BCUT2D eigenvalue weighted by atomic mass is 16.3. The minimum absolute atomic E-state index is 0.0932. The summed E-state index contributed by atoms with van der Waals surface area (Å²) >= 11 is 0. The molecule has 0 bridgehead atoms. The van der Waals surface area contributed by atoms with Gasteiger partial charge in [0.15, 0.2) is 0 Å². The van der Waals surface area contributed by atoms with Crippen LogP contribution in [0.1, 0.15) is 24.0 Å². The molecule has 2 aliphatic rings. The normalized spacial score (nSPS) is 17.8. The molecule has 4 rings (SSSR count). The zero-order valence-electron chi connectivity index (χ0n) is 14.8. The molecular formula is C21H24N4O. The van der Waals surface area contributed by atoms with Gasteiger partial charge in [0.25, 0.3) is 0 Å². The van der Waals surface area contributed by atoms with E-state index in [1.807, 2.05) is 42.5 Å². The summed E-state index contributed by atoms with van der Waals surface area (Å²) in [5, 5.41) is 20.2. The molecule has 1 saturated heterocycles. The molecule has 0 saturated carbocycles. The number of aliphatic imine (C=N–C) groups is 1. The van der Waals surface area contributed by atoms with Crippen molar-refractivity contribution in [3.05, 3.63) is 66.2 Å². The monoisotopic (exact) mass is 348 g/mol. The number of piperidine rings is 1. The lowest BCUT2D eigenvalue weighted by Crippen LogP contribution is -2.58. The molecule has 5 heteroatoms. The van der Waals surface area contributed by atoms with E-state index in [2.05, 4.69) is 28.6 Å². The summed E-state index contributed by atoms with van der Waals surface area (Å²) in [6.45, 7) is 6.20. The third-order valence-corrected chi connectivity index (χ3v) is 5.17. The minimum Gasteiger partial charge on any atom is -0.508 e. The Hall–Kier alpha value is -2.79. The van der Waals surface area contributed by atoms with E-state index in [0.29, 0.717) is 6.54 Å². The number of hydrogen-bond acceptors (Lipinski definition) is 5. The van der Waals surface area contributed by atoms with E-state index in [1.54, 1.807) is 0 Å². The van der Waals surface area contributed by atoms with Crippen LogP contribution in [0, 0.1) is 0 Å². The van der Waals surface area contributed by atoms with Crippen LogP contribution in [-0.4, -0.2) is 29.6 Å². The summed E-state index contributed by atoms with van der Waals surface area (Å²) in [6, 6.07) is 16.0. The molecule has 2 aromatic rings. The number of benzene rings is 2. The molecule has 1 fully saturated rings. The fourth-order valence-electron chi connectivity index (χ4n) is 3.65. The smallest absolute Gasteiger partial charge is 0.128 e. The molecular weight excluding hydrogens is 324 g/mol. The highest BCUT2D eigenvalue weighted by Crippen LogP contribution is 2.36. The molecule has 2 heterocycles. The van der Waals surface area contributed by atoms with Crippen molar-refractivity contribution in [2.24, 2.45) is 4.99 Å². The number of anilines is 1. The van der Waals surface area contributed by atoms with E-state index >= 15 is 0 Å². The van der Waals surface area contributed by atoms with Crippen LogP contribution in [0.4, 0.5) is 11.4 Å². The number of aliphatic hydroxyl groups is 1. The number of nitrogens with one attached hydrogen (secondary N) is 3. The molecule has 2 aromatic carbocycles. The van der Waals surface area contributed by atoms with E-state index in [1.165, 1.54) is 0 Å². The number of amidine groups is 1. The van der Waals surface area contributed by atoms with Gasteiger partial charge in [-0.3, -0.25) is 0 Å². The largest absolute Gasteiger partial charge is 0.508 e. The highest BCUT2D eigenvalue weighted by molar-refractivity contribution is 6.00. The standard InChI is InChI=1S/C21H24N4O/c1-15(26)17-8-6-16(7-9-17)14-23-20-21(10-12-22-13-11-21)25-19-5-3-2-4-18(19)24-20/h2-9,22,25-26H,1,10-14H2,(H,23,24). The molecule has 0 aliphatic carbocycles. The van der Waals surface area contributed by atoms with Gasteiger partial charge in [0.2, 0.25) is 0 Å². The molecule has 0 atom stereocenters. The molecule has 0 aromatic heterocycles. The third-order valence-electron chi connectivity index (χ3n) is 5.17. The Morgan fingerprint density at radius 2 is 1.85 bits per heavy atom. The molecule has 0 unspecified atom stereocenters. The van der Waals surface area contributed by atoms with E-state index in [9.17, 15) is 5.11 Å². The zero-order chi connectivity index (χ0) is 18.0. The van der Waals surface area contributed by atoms with Gasteiger partial charge in [0, 0.05) is 12.1 Å². The van der Waals surface area contributed by atoms with Gasteiger partial charge in [-0.15, -0.1) is 0 Å². The minimum atomic E-state index is -0.140. The van der Waals surface area contributed by atoms with Crippen LogP contribution in [-0.2, 0) is 6.54 Å². The summed E-state index contributed by atoms with van der Waals surface area (Å²) in [5.74, 6) is 1.10. The van der Waals surface area contributed by atoms with Gasteiger partial charge in [-0.1, -0.05) is 43.0 Å². The average Bonchev–Trinajstić information content (AvgIpc) is 2.67. The van der Waals surface area contributed by atoms with Gasteiger partial charge in [0.1, 0.15) is 11.6 Å². The van der Waals surface area contributed by atoms with Crippen LogP contribution in [0.25, 0.3) is 5.76 Å². The van der Waals surface area contributed by atoms with Crippen molar-refractivity contribution >= 4 is 23.0 Å². The number of nitrogens with zero attached hydrogens (tertiary/aromatic N) is 1. The first-order valence-corrected chi connectivity index (χ1v) is 9.04. The lowest BCUT2D eigenvalue weighted by atomic mass is 9.85. The van der Waals surface area contributed by atoms with Gasteiger partial charge in [0.05, 0.1) is 16.9 Å². The Morgan fingerprint density at radius 1 is 1.12 bits per heavy atom. The second-order valence-corrected chi connectivity index (χ2v) is 6.93. The van der Waals surface area contributed by atoms with E-state index in [-0.39, 0.29) is 11.3 Å². The topological polar surface area (TPSA) is 68.7 Å². The summed E-state index contributed by atoms with van der Waals surface area (Å²) in [6.07, 6.45) is 1.99. The van der Waals surface area contributed by atoms with Crippen molar-refractivity contribution in [3.8, 4) is 0 Å². The molecule has 4 N–H and O–H groups in total. The van der Waals surface area contributed by atoms with Gasteiger partial charge < -0.3 is 21.1 Å². The first kappa shape index (κ1) is 16.7. The van der Waals surface area contributed by atoms with Crippen molar-refractivity contribution < 1.29 is 5.11 Å². The molecule has 2 aliphatic heterocycles. The second kappa shape index (κ2) is 6.84. The Morgan fingerprint density at radius 3 is 2.58 bits per heavy atom. The third kappa shape index (κ3) is 3.18. The fraction of sp³-hybridized carbons (Fsp3) is 0.286. The SMILES string of the molecule is C=C(O)c1ccc(CNC2=Nc3ccccc3NC23CCNCC3)cc1. The predicted molar refractivity (Wildman–Crippen MR) is 107 cm³/mol. The van der Waals surface area contributed by atoms with Crippen molar-refractivity contribution in [1.82, 2.24) is 10.6 Å². The van der Waals surface area contributed by atoms with E-state index in [0.717, 1.165) is 54.3 Å². The predicted octanol–water partition coefficient (Wildman–Crippen LogP) is 3.58.